The van der Waals surface area contributed by atoms with E-state index in [2.05, 4.69) is 5.32 Å². The number of nitrogens with one attached hydrogen (secondary N) is 1. The largest absolute Gasteiger partial charge is 0.508 e. The molecule has 110 valence electrons. The van der Waals surface area contributed by atoms with Gasteiger partial charge in [0.25, 0.3) is 5.91 Å². The number of rotatable bonds is 4. The summed E-state index contributed by atoms with van der Waals surface area (Å²) >= 11 is 0. The highest BCUT2D eigenvalue weighted by Crippen LogP contribution is 2.24. The number of benzene rings is 2. The summed E-state index contributed by atoms with van der Waals surface area (Å²) < 4.78 is 5.33. The van der Waals surface area contributed by atoms with Gasteiger partial charge in [0.2, 0.25) is 0 Å². The highest BCUT2D eigenvalue weighted by atomic mass is 16.5. The Kier molecular flexibility index (Phi) is 4.33. The maximum absolute atomic E-state index is 12.1. The van der Waals surface area contributed by atoms with Gasteiger partial charge < -0.3 is 20.9 Å². The normalized spacial score (nSPS) is 10.2. The van der Waals surface area contributed by atoms with Crippen LogP contribution in [0.3, 0.4) is 0 Å². The number of aryl methyl sites for hydroxylation is 1. The molecule has 4 N–H and O–H groups in total. The van der Waals surface area contributed by atoms with Crippen LogP contribution in [0.15, 0.2) is 36.4 Å². The smallest absolute Gasteiger partial charge is 0.255 e. The molecule has 0 bridgehead atoms. The third-order valence-corrected chi connectivity index (χ3v) is 3.04. The molecule has 0 saturated carbocycles. The number of anilines is 2. The van der Waals surface area contributed by atoms with Gasteiger partial charge in [-0.15, -0.1) is 0 Å². The highest BCUT2D eigenvalue weighted by Gasteiger charge is 2.10. The summed E-state index contributed by atoms with van der Waals surface area (Å²) in [4.78, 5) is 12.1. The summed E-state index contributed by atoms with van der Waals surface area (Å²) in [5, 5.41) is 12.3. The Labute approximate surface area is 123 Å². The average Bonchev–Trinajstić information content (AvgIpc) is 2.45. The summed E-state index contributed by atoms with van der Waals surface area (Å²) in [5.41, 5.74) is 7.95. The van der Waals surface area contributed by atoms with Crippen LogP contribution >= 0.6 is 0 Å². The first kappa shape index (κ1) is 14.7. The maximum Gasteiger partial charge on any atom is 0.255 e. The Morgan fingerprint density at radius 2 is 2.05 bits per heavy atom. The van der Waals surface area contributed by atoms with Gasteiger partial charge in [-0.25, -0.2) is 0 Å². The first-order chi connectivity index (χ1) is 10.0. The van der Waals surface area contributed by atoms with Crippen LogP contribution in [-0.4, -0.2) is 17.6 Å². The molecule has 0 saturated heterocycles. The lowest BCUT2D eigenvalue weighted by atomic mass is 10.1. The van der Waals surface area contributed by atoms with Crippen LogP contribution in [0, 0.1) is 6.92 Å². The van der Waals surface area contributed by atoms with E-state index < -0.39 is 0 Å². The van der Waals surface area contributed by atoms with Crippen molar-refractivity contribution < 1.29 is 14.6 Å². The molecule has 1 amide bonds. The minimum absolute atomic E-state index is 0.138. The minimum atomic E-state index is -0.298. The number of hydrogen-bond acceptors (Lipinski definition) is 4. The van der Waals surface area contributed by atoms with Gasteiger partial charge in [-0.05, 0) is 43.7 Å². The molecule has 0 unspecified atom stereocenters. The Bertz CT molecular complexity index is 669. The molecule has 2 aromatic carbocycles. The van der Waals surface area contributed by atoms with Crippen molar-refractivity contribution in [3.63, 3.8) is 0 Å². The van der Waals surface area contributed by atoms with Crippen molar-refractivity contribution in [2.45, 2.75) is 13.8 Å². The lowest BCUT2D eigenvalue weighted by Crippen LogP contribution is -2.12. The van der Waals surface area contributed by atoms with Gasteiger partial charge >= 0.3 is 0 Å². The number of hydrogen-bond donors (Lipinski definition) is 3. The Hall–Kier alpha value is -2.69. The van der Waals surface area contributed by atoms with E-state index in [0.717, 1.165) is 5.56 Å². The molecule has 5 heteroatoms. The van der Waals surface area contributed by atoms with Crippen LogP contribution in [0.4, 0.5) is 11.4 Å². The molecule has 0 atom stereocenters. The summed E-state index contributed by atoms with van der Waals surface area (Å²) in [6.45, 7) is 4.16. The van der Waals surface area contributed by atoms with Gasteiger partial charge in [-0.2, -0.15) is 0 Å². The molecule has 0 aliphatic rings. The van der Waals surface area contributed by atoms with Gasteiger partial charge in [0, 0.05) is 17.3 Å². The van der Waals surface area contributed by atoms with Crippen LogP contribution in [0.25, 0.3) is 0 Å². The van der Waals surface area contributed by atoms with Crippen LogP contribution < -0.4 is 15.8 Å². The fraction of sp³-hybridized carbons (Fsp3) is 0.188. The summed E-state index contributed by atoms with van der Waals surface area (Å²) in [6.07, 6.45) is 0. The highest BCUT2D eigenvalue weighted by molar-refractivity contribution is 6.05. The molecule has 2 aromatic rings. The van der Waals surface area contributed by atoms with Crippen molar-refractivity contribution in [3.05, 3.63) is 47.5 Å². The fourth-order valence-corrected chi connectivity index (χ4v) is 1.87. The zero-order valence-corrected chi connectivity index (χ0v) is 12.0. The van der Waals surface area contributed by atoms with Crippen LogP contribution in [-0.2, 0) is 0 Å². The number of aromatic hydroxyl groups is 1. The lowest BCUT2D eigenvalue weighted by Gasteiger charge is -2.10. The zero-order chi connectivity index (χ0) is 15.4. The molecule has 0 aliphatic heterocycles. The zero-order valence-electron chi connectivity index (χ0n) is 12.0. The molecule has 0 aliphatic carbocycles. The Balaban J connectivity index is 2.16. The number of ether oxygens (including phenoxy) is 1. The topological polar surface area (TPSA) is 84.6 Å². The number of amides is 1. The van der Waals surface area contributed by atoms with Crippen LogP contribution in [0.1, 0.15) is 22.8 Å². The number of nitrogen functional groups attached to an aromatic ring is 1. The number of phenols is 1. The molecule has 0 radical (unpaired) electrons. The van der Waals surface area contributed by atoms with Crippen LogP contribution in [0.5, 0.6) is 11.5 Å². The average molecular weight is 286 g/mol. The van der Waals surface area contributed by atoms with Crippen molar-refractivity contribution >= 4 is 17.3 Å². The number of carbonyl (C=O) groups excluding carboxylic acids is 1. The van der Waals surface area contributed by atoms with E-state index in [1.54, 1.807) is 37.3 Å². The monoisotopic (exact) mass is 286 g/mol. The SMILES string of the molecule is CCOc1ccc(C(=O)Nc2ccc(C)c(O)c2)cc1N. The van der Waals surface area contributed by atoms with Gasteiger partial charge in [0.1, 0.15) is 11.5 Å². The first-order valence-electron chi connectivity index (χ1n) is 6.64. The first-order valence-corrected chi connectivity index (χ1v) is 6.64. The molecule has 2 rings (SSSR count). The lowest BCUT2D eigenvalue weighted by molar-refractivity contribution is 0.102. The van der Waals surface area contributed by atoms with Gasteiger partial charge in [-0.1, -0.05) is 6.07 Å². The van der Waals surface area contributed by atoms with E-state index >= 15 is 0 Å². The molecular weight excluding hydrogens is 268 g/mol. The molecule has 0 heterocycles. The number of phenolic OH excluding ortho intramolecular Hbond substituents is 1. The number of nitrogens with two attached hydrogens (primary N) is 1. The van der Waals surface area contributed by atoms with E-state index in [0.29, 0.717) is 29.3 Å². The van der Waals surface area contributed by atoms with Gasteiger partial charge in [0.05, 0.1) is 12.3 Å². The third-order valence-electron chi connectivity index (χ3n) is 3.04. The van der Waals surface area contributed by atoms with Crippen molar-refractivity contribution in [1.29, 1.82) is 0 Å². The van der Waals surface area contributed by atoms with Crippen molar-refractivity contribution in [2.24, 2.45) is 0 Å². The molecule has 0 fully saturated rings. The van der Waals surface area contributed by atoms with Crippen molar-refractivity contribution in [2.75, 3.05) is 17.7 Å². The summed E-state index contributed by atoms with van der Waals surface area (Å²) in [5.74, 6) is 0.397. The second kappa shape index (κ2) is 6.17. The standard InChI is InChI=1S/C16H18N2O3/c1-3-21-15-7-5-11(8-13(15)17)16(20)18-12-6-4-10(2)14(19)9-12/h4-9,19H,3,17H2,1-2H3,(H,18,20). The minimum Gasteiger partial charge on any atom is -0.508 e. The quantitative estimate of drug-likeness (QED) is 0.754. The van der Waals surface area contributed by atoms with E-state index in [-0.39, 0.29) is 11.7 Å². The molecular formula is C16H18N2O3. The number of carbonyl (C=O) groups is 1. The predicted octanol–water partition coefficient (Wildman–Crippen LogP) is 2.93. The van der Waals surface area contributed by atoms with Crippen LogP contribution in [0.2, 0.25) is 0 Å². The molecule has 21 heavy (non-hydrogen) atoms. The second-order valence-corrected chi connectivity index (χ2v) is 4.64. The van der Waals surface area contributed by atoms with Crippen molar-refractivity contribution in [1.82, 2.24) is 0 Å². The fourth-order valence-electron chi connectivity index (χ4n) is 1.87. The summed E-state index contributed by atoms with van der Waals surface area (Å²) in [6, 6.07) is 9.84. The predicted molar refractivity (Wildman–Crippen MR) is 82.8 cm³/mol. The van der Waals surface area contributed by atoms with Gasteiger partial charge in [0.15, 0.2) is 0 Å². The third kappa shape index (κ3) is 3.45. The second-order valence-electron chi connectivity index (χ2n) is 4.64. The van der Waals surface area contributed by atoms with E-state index in [1.807, 2.05) is 6.92 Å². The van der Waals surface area contributed by atoms with E-state index in [4.69, 9.17) is 10.5 Å². The van der Waals surface area contributed by atoms with E-state index in [1.165, 1.54) is 6.07 Å². The summed E-state index contributed by atoms with van der Waals surface area (Å²) in [7, 11) is 0. The molecule has 0 aromatic heterocycles. The van der Waals surface area contributed by atoms with Crippen molar-refractivity contribution in [3.8, 4) is 11.5 Å². The maximum atomic E-state index is 12.1. The molecule has 0 spiro atoms. The van der Waals surface area contributed by atoms with Gasteiger partial charge in [-0.3, -0.25) is 4.79 Å². The van der Waals surface area contributed by atoms with E-state index in [9.17, 15) is 9.90 Å². The Morgan fingerprint density at radius 1 is 1.29 bits per heavy atom. The molecule has 5 nitrogen and oxygen atoms in total. The Morgan fingerprint density at radius 3 is 2.67 bits per heavy atom.